The molecular formula is C28H36N2O5. The molecule has 0 unspecified atom stereocenters. The van der Waals surface area contributed by atoms with Crippen LogP contribution >= 0.6 is 0 Å². The first-order chi connectivity index (χ1) is 16.9. The average Bonchev–Trinajstić information content (AvgIpc) is 3.12. The molecule has 0 radical (unpaired) electrons. The molecular weight excluding hydrogens is 444 g/mol. The lowest BCUT2D eigenvalue weighted by molar-refractivity contribution is -0.140. The van der Waals surface area contributed by atoms with E-state index >= 15 is 0 Å². The van der Waals surface area contributed by atoms with E-state index < -0.39 is 17.7 Å². The molecule has 35 heavy (non-hydrogen) atoms. The van der Waals surface area contributed by atoms with Crippen molar-refractivity contribution in [1.82, 2.24) is 9.80 Å². The number of likely N-dealkylation sites (tertiary alicyclic amines) is 1. The van der Waals surface area contributed by atoms with E-state index in [1.165, 1.54) is 0 Å². The minimum absolute atomic E-state index is 0.103. The lowest BCUT2D eigenvalue weighted by Crippen LogP contribution is -2.33. The average molecular weight is 481 g/mol. The first-order valence-corrected chi connectivity index (χ1v) is 12.2. The second-order valence-corrected chi connectivity index (χ2v) is 8.56. The van der Waals surface area contributed by atoms with Crippen LogP contribution in [-0.2, 0) is 9.59 Å². The zero-order chi connectivity index (χ0) is 25.5. The quantitative estimate of drug-likeness (QED) is 0.289. The number of methoxy groups -OCH3 is 1. The lowest BCUT2D eigenvalue weighted by Gasteiger charge is -2.27. The lowest BCUT2D eigenvalue weighted by atomic mass is 9.94. The van der Waals surface area contributed by atoms with E-state index in [0.29, 0.717) is 30.2 Å². The number of amides is 1. The molecule has 1 atom stereocenters. The minimum Gasteiger partial charge on any atom is -0.507 e. The van der Waals surface area contributed by atoms with Gasteiger partial charge in [0.15, 0.2) is 0 Å². The van der Waals surface area contributed by atoms with Crippen molar-refractivity contribution in [1.29, 1.82) is 0 Å². The van der Waals surface area contributed by atoms with E-state index in [-0.39, 0.29) is 11.3 Å². The number of hydrogen-bond donors (Lipinski definition) is 1. The number of carbonyl (C=O) groups is 2. The van der Waals surface area contributed by atoms with Gasteiger partial charge < -0.3 is 24.4 Å². The van der Waals surface area contributed by atoms with Crippen molar-refractivity contribution in [3.63, 3.8) is 0 Å². The predicted octanol–water partition coefficient (Wildman–Crippen LogP) is 4.56. The summed E-state index contributed by atoms with van der Waals surface area (Å²) in [4.78, 5) is 30.2. The highest BCUT2D eigenvalue weighted by molar-refractivity contribution is 6.46. The number of ether oxygens (including phenoxy) is 2. The SMILES string of the molecule is CCOc1ccc(C(O)=C2C(=O)C(=O)N(CCCN(CC)CC)[C@H]2c2ccc(OC)cc2)cc1C. The summed E-state index contributed by atoms with van der Waals surface area (Å²) < 4.78 is 10.9. The van der Waals surface area contributed by atoms with Crippen molar-refractivity contribution in [2.24, 2.45) is 0 Å². The molecule has 7 heteroatoms. The van der Waals surface area contributed by atoms with Gasteiger partial charge in [0.25, 0.3) is 11.7 Å². The van der Waals surface area contributed by atoms with Crippen molar-refractivity contribution in [2.75, 3.05) is 39.9 Å². The molecule has 1 heterocycles. The first-order valence-electron chi connectivity index (χ1n) is 12.2. The number of aliphatic hydroxyl groups is 1. The monoisotopic (exact) mass is 480 g/mol. The number of aryl methyl sites for hydroxylation is 1. The van der Waals surface area contributed by atoms with Crippen LogP contribution in [-0.4, -0.2) is 66.5 Å². The zero-order valence-electron chi connectivity index (χ0n) is 21.3. The van der Waals surface area contributed by atoms with Crippen LogP contribution < -0.4 is 9.47 Å². The van der Waals surface area contributed by atoms with Gasteiger partial charge in [0.1, 0.15) is 17.3 Å². The van der Waals surface area contributed by atoms with Gasteiger partial charge in [0.2, 0.25) is 0 Å². The molecule has 1 aliphatic rings. The summed E-state index contributed by atoms with van der Waals surface area (Å²) in [6, 6.07) is 11.9. The molecule has 0 aromatic heterocycles. The topological polar surface area (TPSA) is 79.3 Å². The third-order valence-corrected chi connectivity index (χ3v) is 6.49. The second kappa shape index (κ2) is 11.9. The number of Topliss-reactive ketones (excluding diaryl/α,β-unsaturated/α-hetero) is 1. The fourth-order valence-corrected chi connectivity index (χ4v) is 4.52. The molecule has 1 N–H and O–H groups in total. The van der Waals surface area contributed by atoms with Gasteiger partial charge in [-0.25, -0.2) is 0 Å². The molecule has 188 valence electrons. The van der Waals surface area contributed by atoms with Crippen molar-refractivity contribution in [3.05, 3.63) is 64.7 Å². The molecule has 0 aliphatic carbocycles. The van der Waals surface area contributed by atoms with Gasteiger partial charge in [-0.2, -0.15) is 0 Å². The number of benzene rings is 2. The minimum atomic E-state index is -0.676. The smallest absolute Gasteiger partial charge is 0.295 e. The van der Waals surface area contributed by atoms with Gasteiger partial charge in [-0.3, -0.25) is 9.59 Å². The molecule has 7 nitrogen and oxygen atoms in total. The Kier molecular flexibility index (Phi) is 8.93. The second-order valence-electron chi connectivity index (χ2n) is 8.56. The van der Waals surface area contributed by atoms with E-state index in [2.05, 4.69) is 18.7 Å². The number of carbonyl (C=O) groups excluding carboxylic acids is 2. The van der Waals surface area contributed by atoms with E-state index in [1.54, 1.807) is 42.3 Å². The van der Waals surface area contributed by atoms with Gasteiger partial charge >= 0.3 is 0 Å². The summed E-state index contributed by atoms with van der Waals surface area (Å²) in [5.74, 6) is -0.0455. The predicted molar refractivity (Wildman–Crippen MR) is 137 cm³/mol. The van der Waals surface area contributed by atoms with Crippen LogP contribution in [0.2, 0.25) is 0 Å². The molecule has 3 rings (SSSR count). The molecule has 1 aliphatic heterocycles. The summed E-state index contributed by atoms with van der Waals surface area (Å²) >= 11 is 0. The van der Waals surface area contributed by atoms with Crippen molar-refractivity contribution < 1.29 is 24.2 Å². The highest BCUT2D eigenvalue weighted by Crippen LogP contribution is 2.40. The Morgan fingerprint density at radius 3 is 2.31 bits per heavy atom. The molecule has 1 fully saturated rings. The van der Waals surface area contributed by atoms with Crippen LogP contribution in [0.1, 0.15) is 49.9 Å². The maximum atomic E-state index is 13.2. The van der Waals surface area contributed by atoms with E-state index in [9.17, 15) is 14.7 Å². The van der Waals surface area contributed by atoms with Gasteiger partial charge in [-0.05, 0) is 81.4 Å². The normalized spacial score (nSPS) is 17.3. The van der Waals surface area contributed by atoms with Crippen molar-refractivity contribution >= 4 is 17.4 Å². The number of hydrogen-bond acceptors (Lipinski definition) is 6. The number of aliphatic hydroxyl groups excluding tert-OH is 1. The Bertz CT molecular complexity index is 1070. The van der Waals surface area contributed by atoms with Crippen LogP contribution in [0.25, 0.3) is 5.76 Å². The fraction of sp³-hybridized carbons (Fsp3) is 0.429. The van der Waals surface area contributed by atoms with Crippen LogP contribution in [0.5, 0.6) is 11.5 Å². The van der Waals surface area contributed by atoms with Crippen LogP contribution in [0.4, 0.5) is 0 Å². The maximum Gasteiger partial charge on any atom is 0.295 e. The third-order valence-electron chi connectivity index (χ3n) is 6.49. The summed E-state index contributed by atoms with van der Waals surface area (Å²) in [5.41, 5.74) is 2.17. The van der Waals surface area contributed by atoms with Crippen molar-refractivity contribution in [3.8, 4) is 11.5 Å². The van der Waals surface area contributed by atoms with Gasteiger partial charge in [0.05, 0.1) is 25.3 Å². The molecule has 2 aromatic rings. The molecule has 1 saturated heterocycles. The molecule has 0 spiro atoms. The summed E-state index contributed by atoms with van der Waals surface area (Å²) in [6.45, 7) is 11.6. The molecule has 0 saturated carbocycles. The Morgan fingerprint density at radius 2 is 1.74 bits per heavy atom. The molecule has 0 bridgehead atoms. The third kappa shape index (κ3) is 5.68. The van der Waals surface area contributed by atoms with E-state index in [4.69, 9.17) is 9.47 Å². The molecule has 1 amide bonds. The van der Waals surface area contributed by atoms with Crippen LogP contribution in [0.15, 0.2) is 48.0 Å². The maximum absolute atomic E-state index is 13.2. The van der Waals surface area contributed by atoms with Gasteiger partial charge in [0, 0.05) is 12.1 Å². The summed E-state index contributed by atoms with van der Waals surface area (Å²) in [7, 11) is 1.59. The number of rotatable bonds is 11. The standard InChI is InChI=1S/C28H36N2O5/c1-6-29(7-2)16-9-17-30-25(20-10-13-22(34-5)14-11-20)24(27(32)28(30)33)26(31)21-12-15-23(35-8-3)19(4)18-21/h10-15,18,25,31H,6-9,16-17H2,1-5H3/t25-/m0/s1. The Balaban J connectivity index is 2.04. The van der Waals surface area contributed by atoms with Crippen molar-refractivity contribution in [2.45, 2.75) is 40.2 Å². The fourth-order valence-electron chi connectivity index (χ4n) is 4.52. The highest BCUT2D eigenvalue weighted by atomic mass is 16.5. The molecule has 2 aromatic carbocycles. The number of nitrogens with zero attached hydrogens (tertiary/aromatic N) is 2. The Morgan fingerprint density at radius 1 is 1.06 bits per heavy atom. The highest BCUT2D eigenvalue weighted by Gasteiger charge is 2.45. The van der Waals surface area contributed by atoms with Crippen LogP contribution in [0, 0.1) is 6.92 Å². The van der Waals surface area contributed by atoms with E-state index in [1.807, 2.05) is 26.0 Å². The van der Waals surface area contributed by atoms with Gasteiger partial charge in [-0.15, -0.1) is 0 Å². The van der Waals surface area contributed by atoms with Gasteiger partial charge in [-0.1, -0.05) is 26.0 Å². The Hall–Kier alpha value is -3.32. The summed E-state index contributed by atoms with van der Waals surface area (Å²) in [6.07, 6.45) is 0.726. The first kappa shape index (κ1) is 26.3. The van der Waals surface area contributed by atoms with Crippen LogP contribution in [0.3, 0.4) is 0 Å². The largest absolute Gasteiger partial charge is 0.507 e. The van der Waals surface area contributed by atoms with E-state index in [0.717, 1.165) is 37.2 Å². The Labute approximate surface area is 207 Å². The number of ketones is 1. The summed E-state index contributed by atoms with van der Waals surface area (Å²) in [5, 5.41) is 11.3. The zero-order valence-corrected chi connectivity index (χ0v) is 21.3.